The number of aromatic nitrogens is 2. The monoisotopic (exact) mass is 269 g/mol. The maximum absolute atomic E-state index is 11.8. The van der Waals surface area contributed by atoms with Crippen LogP contribution in [0.1, 0.15) is 21.6 Å². The van der Waals surface area contributed by atoms with Crippen LogP contribution in [0.4, 0.5) is 0 Å². The van der Waals surface area contributed by atoms with Crippen LogP contribution < -0.4 is 10.1 Å². The van der Waals surface area contributed by atoms with E-state index in [1.54, 1.807) is 6.20 Å². The Hall–Kier alpha value is -2.43. The van der Waals surface area contributed by atoms with Crippen molar-refractivity contribution in [2.24, 2.45) is 0 Å². The molecule has 3 rings (SSSR count). The third kappa shape index (κ3) is 2.77. The van der Waals surface area contributed by atoms with E-state index in [1.165, 1.54) is 23.5 Å². The normalized spacial score (nSPS) is 12.6. The third-order valence-corrected chi connectivity index (χ3v) is 3.25. The third-order valence-electron chi connectivity index (χ3n) is 3.25. The maximum Gasteiger partial charge on any atom is 0.271 e. The number of ether oxygens (including phenoxy) is 1. The minimum absolute atomic E-state index is 0.192. The number of nitrogens with one attached hydrogen (secondary N) is 1. The zero-order valence-electron chi connectivity index (χ0n) is 11.0. The quantitative estimate of drug-likeness (QED) is 0.911. The molecule has 20 heavy (non-hydrogen) atoms. The molecule has 1 aliphatic rings. The number of amides is 1. The number of carbonyl (C=O) groups excluding carboxylic acids is 1. The summed E-state index contributed by atoms with van der Waals surface area (Å²) in [7, 11) is 0. The highest BCUT2D eigenvalue weighted by atomic mass is 16.5. The van der Waals surface area contributed by atoms with Crippen molar-refractivity contribution in [3.05, 3.63) is 53.6 Å². The second-order valence-corrected chi connectivity index (χ2v) is 4.64. The molecule has 0 fully saturated rings. The lowest BCUT2D eigenvalue weighted by Gasteiger charge is -2.06. The Morgan fingerprint density at radius 3 is 3.15 bits per heavy atom. The van der Waals surface area contributed by atoms with Gasteiger partial charge in [0, 0.05) is 25.4 Å². The first-order chi connectivity index (χ1) is 9.83. The number of hydrogen-bond acceptors (Lipinski definition) is 4. The Kier molecular flexibility index (Phi) is 3.58. The highest BCUT2D eigenvalue weighted by Gasteiger charge is 2.12. The van der Waals surface area contributed by atoms with Crippen LogP contribution in [-0.4, -0.2) is 29.0 Å². The van der Waals surface area contributed by atoms with Crippen LogP contribution in [0.25, 0.3) is 0 Å². The molecule has 1 aliphatic heterocycles. The zero-order valence-corrected chi connectivity index (χ0v) is 11.0. The molecule has 0 aliphatic carbocycles. The summed E-state index contributed by atoms with van der Waals surface area (Å²) in [5.74, 6) is 0.792. The fourth-order valence-corrected chi connectivity index (χ4v) is 2.22. The minimum Gasteiger partial charge on any atom is -0.493 e. The SMILES string of the molecule is O=C(NCCc1ccc2c(c1)CCO2)c1cnccn1. The van der Waals surface area contributed by atoms with Crippen LogP contribution in [0, 0.1) is 0 Å². The van der Waals surface area contributed by atoms with Gasteiger partial charge in [-0.25, -0.2) is 4.98 Å². The van der Waals surface area contributed by atoms with E-state index in [-0.39, 0.29) is 5.91 Å². The number of carbonyl (C=O) groups is 1. The number of nitrogens with zero attached hydrogens (tertiary/aromatic N) is 2. The lowest BCUT2D eigenvalue weighted by Crippen LogP contribution is -2.26. The van der Waals surface area contributed by atoms with Gasteiger partial charge < -0.3 is 10.1 Å². The van der Waals surface area contributed by atoms with Crippen LogP contribution >= 0.6 is 0 Å². The first-order valence-electron chi connectivity index (χ1n) is 6.62. The standard InChI is InChI=1S/C15H15N3O2/c19-15(13-10-16-6-7-17-13)18-5-3-11-1-2-14-12(9-11)4-8-20-14/h1-2,6-7,9-10H,3-5,8H2,(H,18,19). The van der Waals surface area contributed by atoms with Gasteiger partial charge >= 0.3 is 0 Å². The zero-order chi connectivity index (χ0) is 13.8. The molecule has 0 bridgehead atoms. The van der Waals surface area contributed by atoms with Gasteiger partial charge in [-0.2, -0.15) is 0 Å². The predicted molar refractivity (Wildman–Crippen MR) is 73.7 cm³/mol. The fourth-order valence-electron chi connectivity index (χ4n) is 2.22. The Morgan fingerprint density at radius 2 is 2.30 bits per heavy atom. The van der Waals surface area contributed by atoms with E-state index in [0.29, 0.717) is 12.2 Å². The van der Waals surface area contributed by atoms with Crippen molar-refractivity contribution in [1.29, 1.82) is 0 Å². The number of hydrogen-bond donors (Lipinski definition) is 1. The lowest BCUT2D eigenvalue weighted by atomic mass is 10.1. The molecule has 1 N–H and O–H groups in total. The molecular weight excluding hydrogens is 254 g/mol. The molecule has 1 aromatic carbocycles. The molecule has 5 nitrogen and oxygen atoms in total. The fraction of sp³-hybridized carbons (Fsp3) is 0.267. The molecule has 2 aromatic rings. The van der Waals surface area contributed by atoms with Crippen molar-refractivity contribution in [1.82, 2.24) is 15.3 Å². The van der Waals surface area contributed by atoms with Crippen molar-refractivity contribution in [3.8, 4) is 5.75 Å². The largest absolute Gasteiger partial charge is 0.493 e. The topological polar surface area (TPSA) is 64.1 Å². The van der Waals surface area contributed by atoms with Crippen LogP contribution in [0.3, 0.4) is 0 Å². The van der Waals surface area contributed by atoms with Gasteiger partial charge in [-0.3, -0.25) is 9.78 Å². The molecule has 0 unspecified atom stereocenters. The smallest absolute Gasteiger partial charge is 0.271 e. The van der Waals surface area contributed by atoms with E-state index in [9.17, 15) is 4.79 Å². The average Bonchev–Trinajstić information content (AvgIpc) is 2.95. The molecule has 1 aromatic heterocycles. The Labute approximate surface area is 117 Å². The summed E-state index contributed by atoms with van der Waals surface area (Å²) < 4.78 is 5.47. The van der Waals surface area contributed by atoms with E-state index in [0.717, 1.165) is 25.2 Å². The van der Waals surface area contributed by atoms with Crippen molar-refractivity contribution >= 4 is 5.91 Å². The van der Waals surface area contributed by atoms with Gasteiger partial charge in [0.2, 0.25) is 0 Å². The van der Waals surface area contributed by atoms with E-state index in [4.69, 9.17) is 4.74 Å². The minimum atomic E-state index is -0.192. The average molecular weight is 269 g/mol. The highest BCUT2D eigenvalue weighted by molar-refractivity contribution is 5.91. The van der Waals surface area contributed by atoms with Gasteiger partial charge in [-0.1, -0.05) is 12.1 Å². The summed E-state index contributed by atoms with van der Waals surface area (Å²) >= 11 is 0. The summed E-state index contributed by atoms with van der Waals surface area (Å²) in [6.07, 6.45) is 6.27. The first kappa shape index (κ1) is 12.6. The van der Waals surface area contributed by atoms with E-state index < -0.39 is 0 Å². The number of rotatable bonds is 4. The second-order valence-electron chi connectivity index (χ2n) is 4.64. The van der Waals surface area contributed by atoms with Gasteiger partial charge in [-0.05, 0) is 23.6 Å². The molecular formula is C15H15N3O2. The molecule has 1 amide bonds. The van der Waals surface area contributed by atoms with Crippen molar-refractivity contribution in [2.75, 3.05) is 13.2 Å². The molecule has 0 atom stereocenters. The van der Waals surface area contributed by atoms with E-state index in [2.05, 4.69) is 21.4 Å². The van der Waals surface area contributed by atoms with Crippen molar-refractivity contribution < 1.29 is 9.53 Å². The van der Waals surface area contributed by atoms with Gasteiger partial charge in [0.1, 0.15) is 11.4 Å². The van der Waals surface area contributed by atoms with Gasteiger partial charge in [0.05, 0.1) is 12.8 Å². The molecule has 2 heterocycles. The Morgan fingerprint density at radius 1 is 1.35 bits per heavy atom. The van der Waals surface area contributed by atoms with E-state index >= 15 is 0 Å². The molecule has 0 saturated carbocycles. The van der Waals surface area contributed by atoms with Gasteiger partial charge in [0.15, 0.2) is 0 Å². The van der Waals surface area contributed by atoms with Gasteiger partial charge in [0.25, 0.3) is 5.91 Å². The number of fused-ring (bicyclic) bond motifs is 1. The second kappa shape index (κ2) is 5.69. The summed E-state index contributed by atoms with van der Waals surface area (Å²) in [6, 6.07) is 6.19. The Bertz CT molecular complexity index is 614. The van der Waals surface area contributed by atoms with Crippen LogP contribution in [0.15, 0.2) is 36.8 Å². The van der Waals surface area contributed by atoms with Gasteiger partial charge in [-0.15, -0.1) is 0 Å². The van der Waals surface area contributed by atoms with Crippen molar-refractivity contribution in [3.63, 3.8) is 0 Å². The van der Waals surface area contributed by atoms with E-state index in [1.807, 2.05) is 12.1 Å². The predicted octanol–water partition coefficient (Wildman–Crippen LogP) is 1.38. The number of benzene rings is 1. The van der Waals surface area contributed by atoms with Crippen LogP contribution in [-0.2, 0) is 12.8 Å². The molecule has 102 valence electrons. The lowest BCUT2D eigenvalue weighted by molar-refractivity contribution is 0.0948. The maximum atomic E-state index is 11.8. The summed E-state index contributed by atoms with van der Waals surface area (Å²) in [5.41, 5.74) is 2.80. The summed E-state index contributed by atoms with van der Waals surface area (Å²) in [4.78, 5) is 19.6. The Balaban J connectivity index is 1.54. The van der Waals surface area contributed by atoms with Crippen LogP contribution in [0.2, 0.25) is 0 Å². The molecule has 5 heteroatoms. The van der Waals surface area contributed by atoms with Crippen LogP contribution in [0.5, 0.6) is 5.75 Å². The summed E-state index contributed by atoms with van der Waals surface area (Å²) in [6.45, 7) is 1.34. The summed E-state index contributed by atoms with van der Waals surface area (Å²) in [5, 5.41) is 2.84. The first-order valence-corrected chi connectivity index (χ1v) is 6.62. The highest BCUT2D eigenvalue weighted by Crippen LogP contribution is 2.25. The van der Waals surface area contributed by atoms with Crippen molar-refractivity contribution in [2.45, 2.75) is 12.8 Å². The molecule has 0 radical (unpaired) electrons. The molecule has 0 spiro atoms. The molecule has 0 saturated heterocycles.